The molecule has 0 unspecified atom stereocenters. The normalized spacial score (nSPS) is 10.6. The molecular formula is C13H14Cl2N4O2S2. The van der Waals surface area contributed by atoms with Crippen LogP contribution in [0.5, 0.6) is 0 Å². The number of hydrogen-bond acceptors (Lipinski definition) is 7. The summed E-state index contributed by atoms with van der Waals surface area (Å²) >= 11 is 14.5. The third-order valence-corrected chi connectivity index (χ3v) is 5.08. The molecule has 0 bridgehead atoms. The van der Waals surface area contributed by atoms with Crippen molar-refractivity contribution >= 4 is 63.0 Å². The van der Waals surface area contributed by atoms with E-state index >= 15 is 0 Å². The van der Waals surface area contributed by atoms with Crippen LogP contribution in [-0.4, -0.2) is 42.1 Å². The molecule has 0 saturated carbocycles. The Kier molecular flexibility index (Phi) is 7.38. The highest BCUT2D eigenvalue weighted by Gasteiger charge is 2.10. The number of carbonyl (C=O) groups is 1. The number of hydrogen-bond donors (Lipinski definition) is 2. The maximum Gasteiger partial charge on any atom is 0.234 e. The lowest BCUT2D eigenvalue weighted by Crippen LogP contribution is -2.14. The number of rotatable bonds is 8. The molecule has 0 saturated heterocycles. The Morgan fingerprint density at radius 3 is 2.96 bits per heavy atom. The minimum Gasteiger partial charge on any atom is -0.383 e. The van der Waals surface area contributed by atoms with Crippen LogP contribution < -0.4 is 10.6 Å². The van der Waals surface area contributed by atoms with Crippen LogP contribution in [-0.2, 0) is 9.53 Å². The number of aromatic nitrogens is 2. The summed E-state index contributed by atoms with van der Waals surface area (Å²) in [6, 6.07) is 4.91. The van der Waals surface area contributed by atoms with Crippen LogP contribution in [0.2, 0.25) is 10.0 Å². The van der Waals surface area contributed by atoms with Crippen molar-refractivity contribution < 1.29 is 9.53 Å². The molecule has 1 heterocycles. The number of benzene rings is 1. The fourth-order valence-corrected chi connectivity index (χ4v) is 3.54. The Morgan fingerprint density at radius 2 is 2.22 bits per heavy atom. The lowest BCUT2D eigenvalue weighted by atomic mass is 10.3. The summed E-state index contributed by atoms with van der Waals surface area (Å²) in [5.74, 6) is 0.0365. The van der Waals surface area contributed by atoms with Crippen molar-refractivity contribution in [1.29, 1.82) is 0 Å². The second-order valence-electron chi connectivity index (χ2n) is 4.25. The van der Waals surface area contributed by atoms with E-state index in [4.69, 9.17) is 27.9 Å². The van der Waals surface area contributed by atoms with Crippen LogP contribution in [0.25, 0.3) is 0 Å². The molecule has 0 atom stereocenters. The van der Waals surface area contributed by atoms with E-state index in [0.29, 0.717) is 38.4 Å². The van der Waals surface area contributed by atoms with Crippen molar-refractivity contribution in [3.63, 3.8) is 0 Å². The number of halogens is 2. The molecule has 1 aromatic heterocycles. The van der Waals surface area contributed by atoms with E-state index in [0.717, 1.165) is 0 Å². The Labute approximate surface area is 151 Å². The molecule has 0 aliphatic carbocycles. The number of carbonyl (C=O) groups excluding carboxylic acids is 1. The second-order valence-corrected chi connectivity index (χ2v) is 7.30. The molecule has 6 nitrogen and oxygen atoms in total. The zero-order valence-corrected chi connectivity index (χ0v) is 15.3. The molecule has 0 radical (unpaired) electrons. The first kappa shape index (κ1) is 18.3. The van der Waals surface area contributed by atoms with Crippen molar-refractivity contribution in [2.75, 3.05) is 36.6 Å². The number of nitrogens with one attached hydrogen (secondary N) is 2. The van der Waals surface area contributed by atoms with E-state index in [1.807, 2.05) is 0 Å². The molecule has 10 heteroatoms. The highest BCUT2D eigenvalue weighted by Crippen LogP contribution is 2.27. The molecule has 2 N–H and O–H groups in total. The number of anilines is 2. The summed E-state index contributed by atoms with van der Waals surface area (Å²) in [4.78, 5) is 11.9. The smallest absolute Gasteiger partial charge is 0.234 e. The van der Waals surface area contributed by atoms with E-state index in [9.17, 15) is 4.79 Å². The summed E-state index contributed by atoms with van der Waals surface area (Å²) in [6.07, 6.45) is 0. The first-order chi connectivity index (χ1) is 11.1. The monoisotopic (exact) mass is 392 g/mol. The van der Waals surface area contributed by atoms with Gasteiger partial charge in [0.05, 0.1) is 23.1 Å². The third kappa shape index (κ3) is 6.15. The van der Waals surface area contributed by atoms with Gasteiger partial charge >= 0.3 is 0 Å². The SMILES string of the molecule is COCCNc1nnc(SCC(=O)Nc2ccc(Cl)cc2Cl)s1. The highest BCUT2D eigenvalue weighted by atomic mass is 35.5. The fraction of sp³-hybridized carbons (Fsp3) is 0.308. The first-order valence-electron chi connectivity index (χ1n) is 6.52. The van der Waals surface area contributed by atoms with E-state index in [1.165, 1.54) is 23.1 Å². The van der Waals surface area contributed by atoms with Gasteiger partial charge in [0, 0.05) is 18.7 Å². The molecule has 124 valence electrons. The van der Waals surface area contributed by atoms with Gasteiger partial charge in [-0.25, -0.2) is 0 Å². The molecule has 2 aromatic rings. The molecule has 1 aromatic carbocycles. The van der Waals surface area contributed by atoms with Crippen LogP contribution in [0.3, 0.4) is 0 Å². The molecular weight excluding hydrogens is 379 g/mol. The third-order valence-electron chi connectivity index (χ3n) is 2.52. The highest BCUT2D eigenvalue weighted by molar-refractivity contribution is 8.01. The van der Waals surface area contributed by atoms with E-state index < -0.39 is 0 Å². The lowest BCUT2D eigenvalue weighted by Gasteiger charge is -2.06. The van der Waals surface area contributed by atoms with Gasteiger partial charge in [-0.15, -0.1) is 10.2 Å². The number of nitrogens with zero attached hydrogens (tertiary/aromatic N) is 2. The van der Waals surface area contributed by atoms with Gasteiger partial charge < -0.3 is 15.4 Å². The van der Waals surface area contributed by atoms with Crippen LogP contribution in [0.15, 0.2) is 22.5 Å². The maximum atomic E-state index is 11.9. The molecule has 2 rings (SSSR count). The summed E-state index contributed by atoms with van der Waals surface area (Å²) in [5.41, 5.74) is 0.529. The van der Waals surface area contributed by atoms with Gasteiger partial charge in [-0.1, -0.05) is 46.3 Å². The van der Waals surface area contributed by atoms with Gasteiger partial charge in [0.25, 0.3) is 0 Å². The van der Waals surface area contributed by atoms with Gasteiger partial charge in [-0.05, 0) is 18.2 Å². The van der Waals surface area contributed by atoms with Gasteiger partial charge in [0.15, 0.2) is 4.34 Å². The van der Waals surface area contributed by atoms with Crippen molar-refractivity contribution in [2.45, 2.75) is 4.34 Å². The van der Waals surface area contributed by atoms with E-state index in [-0.39, 0.29) is 11.7 Å². The van der Waals surface area contributed by atoms with Gasteiger partial charge in [-0.2, -0.15) is 0 Å². The number of thioether (sulfide) groups is 1. The molecule has 0 aliphatic rings. The van der Waals surface area contributed by atoms with Crippen LogP contribution in [0, 0.1) is 0 Å². The first-order valence-corrected chi connectivity index (χ1v) is 9.08. The second kappa shape index (κ2) is 9.29. The average molecular weight is 393 g/mol. The molecule has 0 fully saturated rings. The quantitative estimate of drug-likeness (QED) is 0.527. The lowest BCUT2D eigenvalue weighted by molar-refractivity contribution is -0.113. The summed E-state index contributed by atoms with van der Waals surface area (Å²) < 4.78 is 5.65. The Bertz CT molecular complexity index is 669. The zero-order chi connectivity index (χ0) is 16.7. The average Bonchev–Trinajstić information content (AvgIpc) is 2.96. The van der Waals surface area contributed by atoms with Crippen LogP contribution in [0.1, 0.15) is 0 Å². The number of amides is 1. The number of methoxy groups -OCH3 is 1. The molecule has 0 aliphatic heterocycles. The van der Waals surface area contributed by atoms with E-state index in [1.54, 1.807) is 25.3 Å². The summed E-state index contributed by atoms with van der Waals surface area (Å²) in [5, 5.41) is 15.4. The van der Waals surface area contributed by atoms with Gasteiger partial charge in [0.1, 0.15) is 0 Å². The van der Waals surface area contributed by atoms with Gasteiger partial charge in [0.2, 0.25) is 11.0 Å². The standard InChI is InChI=1S/C13H14Cl2N4O2S2/c1-21-5-4-16-12-18-19-13(23-12)22-7-11(20)17-10-3-2-8(14)6-9(10)15/h2-3,6H,4-5,7H2,1H3,(H,16,18)(H,17,20). The predicted octanol–water partition coefficient (Wildman–Crippen LogP) is 3.63. The van der Waals surface area contributed by atoms with Crippen LogP contribution in [0.4, 0.5) is 10.8 Å². The maximum absolute atomic E-state index is 11.9. The summed E-state index contributed by atoms with van der Waals surface area (Å²) in [6.45, 7) is 1.25. The Balaban J connectivity index is 1.80. The fourth-order valence-electron chi connectivity index (χ4n) is 1.50. The van der Waals surface area contributed by atoms with E-state index in [2.05, 4.69) is 20.8 Å². The Hall–Kier alpha value is -1.06. The minimum atomic E-state index is -0.177. The Morgan fingerprint density at radius 1 is 1.39 bits per heavy atom. The summed E-state index contributed by atoms with van der Waals surface area (Å²) in [7, 11) is 1.63. The van der Waals surface area contributed by atoms with Crippen molar-refractivity contribution in [3.8, 4) is 0 Å². The molecule has 1 amide bonds. The number of ether oxygens (including phenoxy) is 1. The molecule has 23 heavy (non-hydrogen) atoms. The molecule has 0 spiro atoms. The van der Waals surface area contributed by atoms with Crippen molar-refractivity contribution in [3.05, 3.63) is 28.2 Å². The largest absolute Gasteiger partial charge is 0.383 e. The predicted molar refractivity (Wildman–Crippen MR) is 96.1 cm³/mol. The van der Waals surface area contributed by atoms with Crippen molar-refractivity contribution in [1.82, 2.24) is 10.2 Å². The minimum absolute atomic E-state index is 0.177. The topological polar surface area (TPSA) is 76.1 Å². The van der Waals surface area contributed by atoms with Gasteiger partial charge in [-0.3, -0.25) is 4.79 Å². The zero-order valence-electron chi connectivity index (χ0n) is 12.1. The van der Waals surface area contributed by atoms with Crippen LogP contribution >= 0.6 is 46.3 Å². The van der Waals surface area contributed by atoms with Crippen molar-refractivity contribution in [2.24, 2.45) is 0 Å².